The molecule has 3 rings (SSSR count). The lowest BCUT2D eigenvalue weighted by Gasteiger charge is -2.20. The van der Waals surface area contributed by atoms with Crippen molar-refractivity contribution in [3.63, 3.8) is 0 Å². The van der Waals surface area contributed by atoms with Crippen LogP contribution in [-0.4, -0.2) is 15.4 Å². The van der Waals surface area contributed by atoms with Crippen molar-refractivity contribution in [3.8, 4) is 0 Å². The Hall–Kier alpha value is -1.69. The maximum Gasteiger partial charge on any atom is 0.226 e. The summed E-state index contributed by atoms with van der Waals surface area (Å²) >= 11 is 1.32. The predicted octanol–water partition coefficient (Wildman–Crippen LogP) is 3.04. The Kier molecular flexibility index (Phi) is 2.89. The first kappa shape index (κ1) is 12.3. The summed E-state index contributed by atoms with van der Waals surface area (Å²) in [4.78, 5) is 11.8. The summed E-state index contributed by atoms with van der Waals surface area (Å²) in [5, 5.41) is 7.78. The van der Waals surface area contributed by atoms with Gasteiger partial charge in [-0.2, -0.15) is 4.37 Å². The molecule has 6 heteroatoms. The van der Waals surface area contributed by atoms with Gasteiger partial charge in [0.1, 0.15) is 10.8 Å². The lowest BCUT2D eigenvalue weighted by atomic mass is 9.90. The number of carbonyl (C=O) groups excluding carboxylic acids is 1. The molecule has 1 amide bonds. The molecule has 0 saturated heterocycles. The fraction of sp³-hybridized carbons (Fsp3) is 0.462. The molecule has 0 saturated carbocycles. The van der Waals surface area contributed by atoms with Gasteiger partial charge in [-0.1, -0.05) is 19.0 Å². The zero-order valence-electron chi connectivity index (χ0n) is 11.1. The van der Waals surface area contributed by atoms with Crippen molar-refractivity contribution in [2.45, 2.75) is 39.0 Å². The second-order valence-corrected chi connectivity index (χ2v) is 5.90. The zero-order chi connectivity index (χ0) is 13.6. The van der Waals surface area contributed by atoms with Gasteiger partial charge in [-0.05, 0) is 24.4 Å². The van der Waals surface area contributed by atoms with E-state index in [-0.39, 0.29) is 11.8 Å². The van der Waals surface area contributed by atoms with E-state index >= 15 is 0 Å². The molecule has 2 aromatic heterocycles. The molecule has 0 aliphatic carbocycles. The third-order valence-corrected chi connectivity index (χ3v) is 4.25. The van der Waals surface area contributed by atoms with Crippen LogP contribution in [0.1, 0.15) is 54.8 Å². The molecule has 100 valence electrons. The molecule has 1 aliphatic heterocycles. The molecule has 2 aromatic rings. The van der Waals surface area contributed by atoms with Crippen molar-refractivity contribution in [1.82, 2.24) is 9.53 Å². The van der Waals surface area contributed by atoms with Gasteiger partial charge in [0.15, 0.2) is 0 Å². The van der Waals surface area contributed by atoms with Crippen LogP contribution in [0.3, 0.4) is 0 Å². The van der Waals surface area contributed by atoms with Crippen LogP contribution in [0.4, 0.5) is 5.00 Å². The van der Waals surface area contributed by atoms with E-state index in [2.05, 4.69) is 28.7 Å². The highest BCUT2D eigenvalue weighted by molar-refractivity contribution is 7.10. The van der Waals surface area contributed by atoms with E-state index in [1.165, 1.54) is 11.5 Å². The molecule has 0 bridgehead atoms. The highest BCUT2D eigenvalue weighted by Gasteiger charge is 2.33. The molecular formula is C13H15N3O2S. The Morgan fingerprint density at radius 2 is 2.32 bits per heavy atom. The Morgan fingerprint density at radius 3 is 3.00 bits per heavy atom. The first-order valence-corrected chi connectivity index (χ1v) is 7.06. The third kappa shape index (κ3) is 2.06. The minimum atomic E-state index is -0.0671. The molecule has 0 aromatic carbocycles. The van der Waals surface area contributed by atoms with Crippen molar-refractivity contribution >= 4 is 22.4 Å². The summed E-state index contributed by atoms with van der Waals surface area (Å²) in [6, 6.07) is 1.95. The molecule has 1 atom stereocenters. The first-order chi connectivity index (χ1) is 9.06. The Morgan fingerprint density at radius 1 is 1.53 bits per heavy atom. The molecule has 3 heterocycles. The summed E-state index contributed by atoms with van der Waals surface area (Å²) in [6.45, 7) is 6.09. The van der Waals surface area contributed by atoms with Crippen LogP contribution in [0.25, 0.3) is 0 Å². The van der Waals surface area contributed by atoms with E-state index < -0.39 is 0 Å². The van der Waals surface area contributed by atoms with Crippen molar-refractivity contribution in [3.05, 3.63) is 28.8 Å². The zero-order valence-corrected chi connectivity index (χ0v) is 11.9. The number of amides is 1. The number of nitrogens with one attached hydrogen (secondary N) is 1. The fourth-order valence-corrected chi connectivity index (χ4v) is 3.20. The van der Waals surface area contributed by atoms with Gasteiger partial charge in [0.05, 0.1) is 17.3 Å². The number of anilines is 1. The maximum absolute atomic E-state index is 11.8. The fourth-order valence-electron chi connectivity index (χ4n) is 2.33. The second kappa shape index (κ2) is 4.45. The van der Waals surface area contributed by atoms with Crippen LogP contribution in [0.15, 0.2) is 10.6 Å². The van der Waals surface area contributed by atoms with E-state index in [1.54, 1.807) is 0 Å². The van der Waals surface area contributed by atoms with E-state index in [0.29, 0.717) is 12.3 Å². The van der Waals surface area contributed by atoms with Gasteiger partial charge in [0.25, 0.3) is 0 Å². The highest BCUT2D eigenvalue weighted by Crippen LogP contribution is 2.41. The second-order valence-electron chi connectivity index (χ2n) is 5.12. The Bertz CT molecular complexity index is 630. The number of fused-ring (bicyclic) bond motifs is 1. The maximum atomic E-state index is 11.8. The van der Waals surface area contributed by atoms with Crippen molar-refractivity contribution in [1.29, 1.82) is 0 Å². The number of hydrogen-bond acceptors (Lipinski definition) is 5. The third-order valence-electron chi connectivity index (χ3n) is 3.38. The van der Waals surface area contributed by atoms with E-state index in [9.17, 15) is 4.79 Å². The van der Waals surface area contributed by atoms with Gasteiger partial charge in [-0.3, -0.25) is 4.79 Å². The molecule has 1 aliphatic rings. The molecule has 0 unspecified atom stereocenters. The van der Waals surface area contributed by atoms with Crippen LogP contribution < -0.4 is 5.32 Å². The van der Waals surface area contributed by atoms with Gasteiger partial charge in [-0.15, -0.1) is 0 Å². The van der Waals surface area contributed by atoms with Gasteiger partial charge in [0, 0.05) is 18.1 Å². The SMILES string of the molecule is Cc1nsc2c1[C@@H](c1cc(C(C)C)no1)CC(=O)N2. The molecular weight excluding hydrogens is 262 g/mol. The number of carbonyl (C=O) groups is 1. The van der Waals surface area contributed by atoms with Crippen molar-refractivity contribution < 1.29 is 9.32 Å². The van der Waals surface area contributed by atoms with Crippen LogP contribution >= 0.6 is 11.5 Å². The van der Waals surface area contributed by atoms with E-state index in [1.807, 2.05) is 13.0 Å². The largest absolute Gasteiger partial charge is 0.360 e. The molecule has 0 spiro atoms. The summed E-state index contributed by atoms with van der Waals surface area (Å²) in [5.74, 6) is 1.00. The van der Waals surface area contributed by atoms with Gasteiger partial charge in [0.2, 0.25) is 5.91 Å². The Labute approximate surface area is 115 Å². The minimum absolute atomic E-state index is 0.00338. The smallest absolute Gasteiger partial charge is 0.226 e. The normalized spacial score (nSPS) is 18.5. The van der Waals surface area contributed by atoms with Crippen molar-refractivity contribution in [2.24, 2.45) is 0 Å². The number of rotatable bonds is 2. The van der Waals surface area contributed by atoms with Gasteiger partial charge in [-0.25, -0.2) is 0 Å². The van der Waals surface area contributed by atoms with Gasteiger partial charge >= 0.3 is 0 Å². The van der Waals surface area contributed by atoms with Crippen LogP contribution in [0, 0.1) is 6.92 Å². The number of hydrogen-bond donors (Lipinski definition) is 1. The lowest BCUT2D eigenvalue weighted by molar-refractivity contribution is -0.116. The molecule has 19 heavy (non-hydrogen) atoms. The van der Waals surface area contributed by atoms with Crippen molar-refractivity contribution in [2.75, 3.05) is 5.32 Å². The lowest BCUT2D eigenvalue weighted by Crippen LogP contribution is -2.22. The summed E-state index contributed by atoms with van der Waals surface area (Å²) in [7, 11) is 0. The van der Waals surface area contributed by atoms with Crippen LogP contribution in [0.5, 0.6) is 0 Å². The van der Waals surface area contributed by atoms with E-state index in [4.69, 9.17) is 4.52 Å². The predicted molar refractivity (Wildman–Crippen MR) is 72.5 cm³/mol. The van der Waals surface area contributed by atoms with E-state index in [0.717, 1.165) is 27.7 Å². The summed E-state index contributed by atoms with van der Waals surface area (Å²) < 4.78 is 9.76. The Balaban J connectivity index is 2.04. The van der Waals surface area contributed by atoms with Crippen LogP contribution in [-0.2, 0) is 4.79 Å². The monoisotopic (exact) mass is 277 g/mol. The molecule has 0 radical (unpaired) electrons. The molecule has 5 nitrogen and oxygen atoms in total. The highest BCUT2D eigenvalue weighted by atomic mass is 32.1. The minimum Gasteiger partial charge on any atom is -0.360 e. The summed E-state index contributed by atoms with van der Waals surface area (Å²) in [6.07, 6.45) is 0.388. The molecule has 0 fully saturated rings. The quantitative estimate of drug-likeness (QED) is 0.916. The average Bonchev–Trinajstić information content (AvgIpc) is 2.96. The van der Waals surface area contributed by atoms with Crippen LogP contribution in [0.2, 0.25) is 0 Å². The standard InChI is InChI=1S/C13H15N3O2S/c1-6(2)9-5-10(18-15-9)8-4-11(17)14-13-12(8)7(3)16-19-13/h5-6,8H,4H2,1-3H3,(H,14,17)/t8-/m1/s1. The van der Waals surface area contributed by atoms with Gasteiger partial charge < -0.3 is 9.84 Å². The topological polar surface area (TPSA) is 68.0 Å². The average molecular weight is 277 g/mol. The number of aryl methyl sites for hydroxylation is 1. The molecule has 1 N–H and O–H groups in total. The number of nitrogens with zero attached hydrogens (tertiary/aromatic N) is 2. The summed E-state index contributed by atoms with van der Waals surface area (Å²) in [5.41, 5.74) is 2.94. The first-order valence-electron chi connectivity index (χ1n) is 6.28. The number of aromatic nitrogens is 2.